The van der Waals surface area contributed by atoms with Crippen LogP contribution in [0.5, 0.6) is 0 Å². The fraction of sp³-hybridized carbons (Fsp3) is 0.188. The minimum Gasteiger partial charge on any atom is -0.449 e. The van der Waals surface area contributed by atoms with Gasteiger partial charge in [0.05, 0.1) is 15.6 Å². The summed E-state index contributed by atoms with van der Waals surface area (Å²) in [6, 6.07) is 8.43. The molecule has 0 saturated carbocycles. The molecule has 0 fully saturated rings. The minimum absolute atomic E-state index is 0.153. The summed E-state index contributed by atoms with van der Waals surface area (Å²) in [5, 5.41) is 3.04. The first-order chi connectivity index (χ1) is 10.9. The summed E-state index contributed by atoms with van der Waals surface area (Å²) in [4.78, 5) is 28.1. The molecule has 0 radical (unpaired) electrons. The number of carbonyl (C=O) groups excluding carboxylic acids is 2. The number of rotatable bonds is 4. The number of nitrogens with one attached hydrogen (secondary N) is 1. The Morgan fingerprint density at radius 2 is 1.96 bits per heavy atom. The number of halogens is 2. The Morgan fingerprint density at radius 3 is 2.61 bits per heavy atom. The largest absolute Gasteiger partial charge is 0.449 e. The van der Waals surface area contributed by atoms with Crippen molar-refractivity contribution in [2.24, 2.45) is 0 Å². The molecule has 1 heterocycles. The molecular formula is C16H14Cl2N2O3. The SMILES string of the molecule is Cc1ccccc1C(=O)O[C@@H](C)C(=O)Nc1ncc(Cl)cc1Cl. The normalized spacial score (nSPS) is 11.7. The number of aromatic nitrogens is 1. The van der Waals surface area contributed by atoms with E-state index in [0.717, 1.165) is 5.56 Å². The summed E-state index contributed by atoms with van der Waals surface area (Å²) < 4.78 is 5.17. The molecule has 2 rings (SSSR count). The number of aryl methyl sites for hydroxylation is 1. The molecule has 0 saturated heterocycles. The number of hydrogen-bond acceptors (Lipinski definition) is 4. The van der Waals surface area contributed by atoms with Crippen molar-refractivity contribution >= 4 is 40.9 Å². The quantitative estimate of drug-likeness (QED) is 0.847. The zero-order valence-electron chi connectivity index (χ0n) is 12.5. The second kappa shape index (κ2) is 7.44. The molecule has 1 aromatic heterocycles. The molecule has 7 heteroatoms. The number of amides is 1. The van der Waals surface area contributed by atoms with Gasteiger partial charge < -0.3 is 10.1 Å². The third-order valence-electron chi connectivity index (χ3n) is 3.07. The maximum atomic E-state index is 12.1. The molecule has 0 aliphatic carbocycles. The van der Waals surface area contributed by atoms with Gasteiger partial charge in [-0.2, -0.15) is 0 Å². The zero-order valence-corrected chi connectivity index (χ0v) is 14.0. The predicted molar refractivity (Wildman–Crippen MR) is 88.9 cm³/mol. The van der Waals surface area contributed by atoms with E-state index in [2.05, 4.69) is 10.3 Å². The van der Waals surface area contributed by atoms with Crippen LogP contribution < -0.4 is 5.32 Å². The molecule has 1 aromatic carbocycles. The van der Waals surface area contributed by atoms with E-state index in [4.69, 9.17) is 27.9 Å². The molecular weight excluding hydrogens is 339 g/mol. The van der Waals surface area contributed by atoms with Crippen molar-refractivity contribution in [3.63, 3.8) is 0 Å². The van der Waals surface area contributed by atoms with Gasteiger partial charge in [0.1, 0.15) is 0 Å². The van der Waals surface area contributed by atoms with Crippen molar-refractivity contribution in [3.05, 3.63) is 57.7 Å². The number of pyridine rings is 1. The summed E-state index contributed by atoms with van der Waals surface area (Å²) in [7, 11) is 0. The van der Waals surface area contributed by atoms with E-state index < -0.39 is 18.0 Å². The third-order valence-corrected chi connectivity index (χ3v) is 3.56. The van der Waals surface area contributed by atoms with Crippen LogP contribution in [-0.4, -0.2) is 23.0 Å². The lowest BCUT2D eigenvalue weighted by Gasteiger charge is -2.14. The molecule has 0 spiro atoms. The third kappa shape index (κ3) is 4.43. The average molecular weight is 353 g/mol. The van der Waals surface area contributed by atoms with E-state index in [1.165, 1.54) is 19.2 Å². The van der Waals surface area contributed by atoms with E-state index in [1.54, 1.807) is 25.1 Å². The monoisotopic (exact) mass is 352 g/mol. The number of benzene rings is 1. The van der Waals surface area contributed by atoms with Crippen LogP contribution in [0.3, 0.4) is 0 Å². The van der Waals surface area contributed by atoms with Gasteiger partial charge in [0, 0.05) is 6.20 Å². The molecule has 0 bridgehead atoms. The zero-order chi connectivity index (χ0) is 17.0. The Morgan fingerprint density at radius 1 is 1.26 bits per heavy atom. The van der Waals surface area contributed by atoms with Crippen LogP contribution in [0.1, 0.15) is 22.8 Å². The van der Waals surface area contributed by atoms with Crippen LogP contribution in [0.4, 0.5) is 5.82 Å². The molecule has 0 unspecified atom stereocenters. The maximum Gasteiger partial charge on any atom is 0.339 e. The Kier molecular flexibility index (Phi) is 5.58. The highest BCUT2D eigenvalue weighted by Gasteiger charge is 2.21. The molecule has 1 atom stereocenters. The minimum atomic E-state index is -1.00. The maximum absolute atomic E-state index is 12.1. The van der Waals surface area contributed by atoms with Gasteiger partial charge in [-0.15, -0.1) is 0 Å². The van der Waals surface area contributed by atoms with Crippen molar-refractivity contribution in [1.82, 2.24) is 4.98 Å². The Bertz CT molecular complexity index is 750. The highest BCUT2D eigenvalue weighted by atomic mass is 35.5. The van der Waals surface area contributed by atoms with Crippen molar-refractivity contribution < 1.29 is 14.3 Å². The number of carbonyl (C=O) groups is 2. The second-order valence-corrected chi connectivity index (χ2v) is 5.68. The summed E-state index contributed by atoms with van der Waals surface area (Å²) >= 11 is 11.7. The highest BCUT2D eigenvalue weighted by molar-refractivity contribution is 6.36. The lowest BCUT2D eigenvalue weighted by Crippen LogP contribution is -2.30. The molecule has 0 aliphatic heterocycles. The smallest absolute Gasteiger partial charge is 0.339 e. The Balaban J connectivity index is 2.03. The van der Waals surface area contributed by atoms with E-state index in [9.17, 15) is 9.59 Å². The number of nitrogens with zero attached hydrogens (tertiary/aromatic N) is 1. The molecule has 2 aromatic rings. The highest BCUT2D eigenvalue weighted by Crippen LogP contribution is 2.22. The van der Waals surface area contributed by atoms with Gasteiger partial charge in [0.15, 0.2) is 11.9 Å². The fourth-order valence-electron chi connectivity index (χ4n) is 1.80. The van der Waals surface area contributed by atoms with Gasteiger partial charge in [0.2, 0.25) is 0 Å². The number of esters is 1. The van der Waals surface area contributed by atoms with Gasteiger partial charge in [-0.05, 0) is 31.5 Å². The van der Waals surface area contributed by atoms with Crippen LogP contribution in [0, 0.1) is 6.92 Å². The van der Waals surface area contributed by atoms with Crippen molar-refractivity contribution in [2.75, 3.05) is 5.32 Å². The lowest BCUT2D eigenvalue weighted by molar-refractivity contribution is -0.123. The van der Waals surface area contributed by atoms with Gasteiger partial charge in [-0.1, -0.05) is 41.4 Å². The average Bonchev–Trinajstić information content (AvgIpc) is 2.50. The van der Waals surface area contributed by atoms with Crippen LogP contribution in [0.25, 0.3) is 0 Å². The van der Waals surface area contributed by atoms with E-state index >= 15 is 0 Å². The number of hydrogen-bond donors (Lipinski definition) is 1. The molecule has 120 valence electrons. The van der Waals surface area contributed by atoms with E-state index in [1.807, 2.05) is 6.07 Å². The van der Waals surface area contributed by atoms with Gasteiger partial charge in [-0.3, -0.25) is 4.79 Å². The summed E-state index contributed by atoms with van der Waals surface area (Å²) in [6.07, 6.45) is 0.350. The summed E-state index contributed by atoms with van der Waals surface area (Å²) in [5.74, 6) is -0.954. The summed E-state index contributed by atoms with van der Waals surface area (Å²) in [5.41, 5.74) is 1.18. The standard InChI is InChI=1S/C16H14Cl2N2O3/c1-9-5-3-4-6-12(9)16(22)23-10(2)15(21)20-14-13(18)7-11(17)8-19-14/h3-8,10H,1-2H3,(H,19,20,21)/t10-/m0/s1. The number of anilines is 1. The number of ether oxygens (including phenoxy) is 1. The first-order valence-electron chi connectivity index (χ1n) is 6.77. The van der Waals surface area contributed by atoms with Crippen molar-refractivity contribution in [1.29, 1.82) is 0 Å². The van der Waals surface area contributed by atoms with Crippen LogP contribution >= 0.6 is 23.2 Å². The van der Waals surface area contributed by atoms with Crippen molar-refractivity contribution in [3.8, 4) is 0 Å². The first kappa shape index (κ1) is 17.2. The van der Waals surface area contributed by atoms with Crippen molar-refractivity contribution in [2.45, 2.75) is 20.0 Å². The van der Waals surface area contributed by atoms with Gasteiger partial charge in [0.25, 0.3) is 5.91 Å². The molecule has 5 nitrogen and oxygen atoms in total. The molecule has 1 amide bonds. The molecule has 0 aliphatic rings. The Labute approximate surface area is 143 Å². The Hall–Kier alpha value is -2.11. The fourth-order valence-corrected chi connectivity index (χ4v) is 2.23. The van der Waals surface area contributed by atoms with E-state index in [-0.39, 0.29) is 10.8 Å². The lowest BCUT2D eigenvalue weighted by atomic mass is 10.1. The molecule has 23 heavy (non-hydrogen) atoms. The first-order valence-corrected chi connectivity index (χ1v) is 7.52. The second-order valence-electron chi connectivity index (χ2n) is 4.84. The van der Waals surface area contributed by atoms with Crippen LogP contribution in [0.2, 0.25) is 10.0 Å². The molecule has 1 N–H and O–H groups in total. The van der Waals surface area contributed by atoms with Crippen LogP contribution in [-0.2, 0) is 9.53 Å². The van der Waals surface area contributed by atoms with Crippen LogP contribution in [0.15, 0.2) is 36.5 Å². The summed E-state index contributed by atoms with van der Waals surface area (Å²) in [6.45, 7) is 3.26. The van der Waals surface area contributed by atoms with Gasteiger partial charge in [-0.25, -0.2) is 9.78 Å². The van der Waals surface area contributed by atoms with E-state index in [0.29, 0.717) is 10.6 Å². The topological polar surface area (TPSA) is 68.3 Å². The van der Waals surface area contributed by atoms with Gasteiger partial charge >= 0.3 is 5.97 Å². The predicted octanol–water partition coefficient (Wildman–Crippen LogP) is 3.88.